The van der Waals surface area contributed by atoms with Gasteiger partial charge in [-0.3, -0.25) is 0 Å². The Kier molecular flexibility index (Phi) is 3.87. The highest BCUT2D eigenvalue weighted by atomic mass is 32.2. The molecular weight excluding hydrogens is 170 g/mol. The number of hydrogen-bond acceptors (Lipinski definition) is 4. The van der Waals surface area contributed by atoms with Crippen LogP contribution in [-0.2, 0) is 0 Å². The second kappa shape index (κ2) is 4.98. The van der Waals surface area contributed by atoms with E-state index < -0.39 is 0 Å². The van der Waals surface area contributed by atoms with Crippen LogP contribution in [0, 0.1) is 0 Å². The lowest BCUT2D eigenvalue weighted by atomic mass is 10.6. The molecule has 1 aromatic heterocycles. The highest BCUT2D eigenvalue weighted by molar-refractivity contribution is 7.99. The molecule has 0 spiro atoms. The maximum Gasteiger partial charge on any atom is 0.130 e. The molecular formula is C8H13N3S. The molecule has 1 heterocycles. The first-order valence-electron chi connectivity index (χ1n) is 3.99. The van der Waals surface area contributed by atoms with E-state index in [1.54, 1.807) is 18.1 Å². The van der Waals surface area contributed by atoms with Gasteiger partial charge in [0.1, 0.15) is 17.2 Å². The summed E-state index contributed by atoms with van der Waals surface area (Å²) in [6.45, 7) is 2.16. The largest absolute Gasteiger partial charge is 0.373 e. The van der Waals surface area contributed by atoms with Crippen molar-refractivity contribution in [3.8, 4) is 0 Å². The first-order valence-corrected chi connectivity index (χ1v) is 4.98. The Hall–Kier alpha value is -0.770. The van der Waals surface area contributed by atoms with Crippen LogP contribution in [0.2, 0.25) is 0 Å². The highest BCUT2D eigenvalue weighted by Crippen LogP contribution is 2.17. The van der Waals surface area contributed by atoms with Crippen molar-refractivity contribution >= 4 is 17.6 Å². The third-order valence-electron chi connectivity index (χ3n) is 1.35. The average molecular weight is 183 g/mol. The third-order valence-corrected chi connectivity index (χ3v) is 2.48. The summed E-state index contributed by atoms with van der Waals surface area (Å²) in [6.07, 6.45) is 2.76. The van der Waals surface area contributed by atoms with Crippen molar-refractivity contribution in [3.05, 3.63) is 12.4 Å². The molecule has 1 aromatic rings. The molecule has 0 radical (unpaired) electrons. The molecule has 0 aliphatic heterocycles. The first-order chi connectivity index (χ1) is 5.86. The van der Waals surface area contributed by atoms with Gasteiger partial charge in [-0.05, 0) is 12.2 Å². The molecule has 0 aromatic carbocycles. The number of rotatable bonds is 4. The molecule has 0 saturated carbocycles. The summed E-state index contributed by atoms with van der Waals surface area (Å²) in [5.41, 5.74) is 0. The Morgan fingerprint density at radius 2 is 2.33 bits per heavy atom. The van der Waals surface area contributed by atoms with Gasteiger partial charge in [0.2, 0.25) is 0 Å². The molecule has 0 aliphatic rings. The Bertz CT molecular complexity index is 239. The maximum absolute atomic E-state index is 4.14. The van der Waals surface area contributed by atoms with Crippen LogP contribution in [0.4, 0.5) is 5.82 Å². The van der Waals surface area contributed by atoms with Crippen molar-refractivity contribution in [2.24, 2.45) is 0 Å². The molecule has 0 saturated heterocycles. The SMILES string of the molecule is CCCSc1cc(NC)ncn1. The summed E-state index contributed by atoms with van der Waals surface area (Å²) in [5, 5.41) is 4.02. The van der Waals surface area contributed by atoms with Crippen LogP contribution in [0.25, 0.3) is 0 Å². The molecule has 1 rings (SSSR count). The number of nitrogens with one attached hydrogen (secondary N) is 1. The molecule has 0 amide bonds. The number of hydrogen-bond donors (Lipinski definition) is 1. The standard InChI is InChI=1S/C8H13N3S/c1-3-4-12-8-5-7(9-2)10-6-11-8/h5-6H,3-4H2,1-2H3,(H,9,10,11). The van der Waals surface area contributed by atoms with E-state index in [-0.39, 0.29) is 0 Å². The number of anilines is 1. The lowest BCUT2D eigenvalue weighted by Crippen LogP contribution is -1.93. The van der Waals surface area contributed by atoms with Gasteiger partial charge < -0.3 is 5.32 Å². The van der Waals surface area contributed by atoms with E-state index in [0.29, 0.717) is 0 Å². The van der Waals surface area contributed by atoms with E-state index in [1.165, 1.54) is 6.42 Å². The van der Waals surface area contributed by atoms with E-state index in [4.69, 9.17) is 0 Å². The zero-order valence-electron chi connectivity index (χ0n) is 7.37. The summed E-state index contributed by atoms with van der Waals surface area (Å²) in [7, 11) is 1.86. The minimum atomic E-state index is 0.878. The van der Waals surface area contributed by atoms with Crippen LogP contribution >= 0.6 is 11.8 Å². The molecule has 1 N–H and O–H groups in total. The fraction of sp³-hybridized carbons (Fsp3) is 0.500. The second-order valence-electron chi connectivity index (χ2n) is 2.34. The topological polar surface area (TPSA) is 37.8 Å². The van der Waals surface area contributed by atoms with Gasteiger partial charge in [-0.2, -0.15) is 0 Å². The van der Waals surface area contributed by atoms with Crippen LogP contribution in [0.15, 0.2) is 17.4 Å². The molecule has 12 heavy (non-hydrogen) atoms. The van der Waals surface area contributed by atoms with Crippen molar-refractivity contribution in [2.75, 3.05) is 18.1 Å². The predicted molar refractivity (Wildman–Crippen MR) is 52.6 cm³/mol. The van der Waals surface area contributed by atoms with Crippen LogP contribution in [-0.4, -0.2) is 22.8 Å². The molecule has 0 atom stereocenters. The Morgan fingerprint density at radius 3 is 3.00 bits per heavy atom. The van der Waals surface area contributed by atoms with E-state index in [2.05, 4.69) is 22.2 Å². The van der Waals surface area contributed by atoms with Gasteiger partial charge in [0.05, 0.1) is 0 Å². The maximum atomic E-state index is 4.14. The molecule has 0 unspecified atom stereocenters. The summed E-state index contributed by atoms with van der Waals surface area (Å²) < 4.78 is 0. The zero-order valence-corrected chi connectivity index (χ0v) is 8.19. The molecule has 0 fully saturated rings. The van der Waals surface area contributed by atoms with Crippen LogP contribution in [0.1, 0.15) is 13.3 Å². The van der Waals surface area contributed by atoms with Crippen LogP contribution in [0.3, 0.4) is 0 Å². The normalized spacial score (nSPS) is 9.83. The van der Waals surface area contributed by atoms with Gasteiger partial charge in [-0.1, -0.05) is 6.92 Å². The van der Waals surface area contributed by atoms with Gasteiger partial charge >= 0.3 is 0 Å². The van der Waals surface area contributed by atoms with Crippen molar-refractivity contribution in [2.45, 2.75) is 18.4 Å². The smallest absolute Gasteiger partial charge is 0.130 e. The number of thioether (sulfide) groups is 1. The van der Waals surface area contributed by atoms with E-state index in [9.17, 15) is 0 Å². The van der Waals surface area contributed by atoms with Gasteiger partial charge in [-0.25, -0.2) is 9.97 Å². The fourth-order valence-corrected chi connectivity index (χ4v) is 1.49. The highest BCUT2D eigenvalue weighted by Gasteiger charge is 1.95. The average Bonchev–Trinajstić information content (AvgIpc) is 2.15. The Labute approximate surface area is 77.0 Å². The van der Waals surface area contributed by atoms with E-state index >= 15 is 0 Å². The summed E-state index contributed by atoms with van der Waals surface area (Å²) >= 11 is 1.76. The molecule has 3 nitrogen and oxygen atoms in total. The number of aromatic nitrogens is 2. The first kappa shape index (κ1) is 9.32. The van der Waals surface area contributed by atoms with Crippen molar-refractivity contribution in [1.82, 2.24) is 9.97 Å². The van der Waals surface area contributed by atoms with Crippen molar-refractivity contribution < 1.29 is 0 Å². The molecule has 4 heteroatoms. The van der Waals surface area contributed by atoms with Gasteiger partial charge in [0.25, 0.3) is 0 Å². The molecule has 66 valence electrons. The van der Waals surface area contributed by atoms with Gasteiger partial charge in [0.15, 0.2) is 0 Å². The van der Waals surface area contributed by atoms with E-state index in [1.807, 2.05) is 13.1 Å². The summed E-state index contributed by atoms with van der Waals surface area (Å²) in [4.78, 5) is 8.17. The Balaban J connectivity index is 2.60. The number of nitrogens with zero attached hydrogens (tertiary/aromatic N) is 2. The van der Waals surface area contributed by atoms with Gasteiger partial charge in [0, 0.05) is 13.1 Å². The minimum absolute atomic E-state index is 0.878. The molecule has 0 aliphatic carbocycles. The zero-order chi connectivity index (χ0) is 8.81. The van der Waals surface area contributed by atoms with Crippen LogP contribution in [0.5, 0.6) is 0 Å². The summed E-state index contributed by atoms with van der Waals surface area (Å²) in [5.74, 6) is 1.99. The van der Waals surface area contributed by atoms with Crippen molar-refractivity contribution in [1.29, 1.82) is 0 Å². The van der Waals surface area contributed by atoms with Crippen molar-refractivity contribution in [3.63, 3.8) is 0 Å². The van der Waals surface area contributed by atoms with E-state index in [0.717, 1.165) is 16.6 Å². The lowest BCUT2D eigenvalue weighted by Gasteiger charge is -2.00. The minimum Gasteiger partial charge on any atom is -0.373 e. The van der Waals surface area contributed by atoms with Gasteiger partial charge in [-0.15, -0.1) is 11.8 Å². The third kappa shape index (κ3) is 2.70. The monoisotopic (exact) mass is 183 g/mol. The summed E-state index contributed by atoms with van der Waals surface area (Å²) in [6, 6.07) is 1.96. The fourth-order valence-electron chi connectivity index (χ4n) is 0.762. The Morgan fingerprint density at radius 1 is 1.50 bits per heavy atom. The predicted octanol–water partition coefficient (Wildman–Crippen LogP) is 2.02. The second-order valence-corrected chi connectivity index (χ2v) is 3.46. The van der Waals surface area contributed by atoms with Crippen LogP contribution < -0.4 is 5.32 Å². The lowest BCUT2D eigenvalue weighted by molar-refractivity contribution is 1.04. The molecule has 0 bridgehead atoms. The quantitative estimate of drug-likeness (QED) is 0.572.